The minimum absolute atomic E-state index is 0.0836. The standard InChI is InChI=1S/C16H15N5O2S/c17-14-19-15(18)21-16(20-14)24-7-10-6-13(22)23-12-5-9-3-1-2-8(9)4-11(10)12/h4-6H,1-3,7H2,(H4,17,18,19,20,21). The van der Waals surface area contributed by atoms with Crippen LogP contribution in [0.1, 0.15) is 23.1 Å². The van der Waals surface area contributed by atoms with E-state index in [9.17, 15) is 4.79 Å². The molecule has 0 spiro atoms. The van der Waals surface area contributed by atoms with Gasteiger partial charge in [0.1, 0.15) is 5.58 Å². The number of nitrogens with zero attached hydrogens (tertiary/aromatic N) is 3. The molecule has 0 fully saturated rings. The molecule has 0 bridgehead atoms. The van der Waals surface area contributed by atoms with Gasteiger partial charge in [0, 0.05) is 17.2 Å². The van der Waals surface area contributed by atoms with Crippen LogP contribution in [0.15, 0.2) is 32.6 Å². The third kappa shape index (κ3) is 2.80. The fourth-order valence-electron chi connectivity index (χ4n) is 3.01. The highest BCUT2D eigenvalue weighted by Gasteiger charge is 2.15. The Hall–Kier alpha value is -2.61. The smallest absolute Gasteiger partial charge is 0.336 e. The zero-order chi connectivity index (χ0) is 16.7. The molecule has 0 radical (unpaired) electrons. The van der Waals surface area contributed by atoms with Crippen LogP contribution in [-0.4, -0.2) is 15.0 Å². The van der Waals surface area contributed by atoms with Crippen molar-refractivity contribution in [3.8, 4) is 0 Å². The van der Waals surface area contributed by atoms with Crippen LogP contribution in [0.5, 0.6) is 0 Å². The number of anilines is 2. The summed E-state index contributed by atoms with van der Waals surface area (Å²) in [5.41, 5.74) is 14.9. The fourth-order valence-corrected chi connectivity index (χ4v) is 3.85. The van der Waals surface area contributed by atoms with Crippen molar-refractivity contribution in [1.29, 1.82) is 0 Å². The molecule has 7 nitrogen and oxygen atoms in total. The fraction of sp³-hybridized carbons (Fsp3) is 0.250. The zero-order valence-electron chi connectivity index (χ0n) is 12.8. The number of rotatable bonds is 3. The SMILES string of the molecule is Nc1nc(N)nc(SCc2cc(=O)oc3cc4c(cc23)CCC4)n1. The minimum Gasteiger partial charge on any atom is -0.423 e. The Balaban J connectivity index is 1.72. The minimum atomic E-state index is -0.356. The molecular formula is C16H15N5O2S. The summed E-state index contributed by atoms with van der Waals surface area (Å²) in [5, 5.41) is 1.39. The summed E-state index contributed by atoms with van der Waals surface area (Å²) in [4.78, 5) is 23.7. The summed E-state index contributed by atoms with van der Waals surface area (Å²) in [6.45, 7) is 0. The lowest BCUT2D eigenvalue weighted by Gasteiger charge is -2.08. The second-order valence-corrected chi connectivity index (χ2v) is 6.63. The molecule has 0 saturated carbocycles. The van der Waals surface area contributed by atoms with Gasteiger partial charge in [0.2, 0.25) is 11.9 Å². The van der Waals surface area contributed by atoms with Crippen molar-refractivity contribution >= 4 is 34.6 Å². The molecule has 122 valence electrons. The van der Waals surface area contributed by atoms with Crippen LogP contribution in [0, 0.1) is 0 Å². The molecule has 4 rings (SSSR count). The molecule has 4 N–H and O–H groups in total. The molecule has 0 aliphatic heterocycles. The summed E-state index contributed by atoms with van der Waals surface area (Å²) in [7, 11) is 0. The Morgan fingerprint density at radius 3 is 2.50 bits per heavy atom. The highest BCUT2D eigenvalue weighted by Crippen LogP contribution is 2.30. The van der Waals surface area contributed by atoms with Gasteiger partial charge in [0.05, 0.1) is 0 Å². The lowest BCUT2D eigenvalue weighted by Crippen LogP contribution is -2.04. The highest BCUT2D eigenvalue weighted by atomic mass is 32.2. The molecule has 1 aliphatic carbocycles. The van der Waals surface area contributed by atoms with E-state index in [-0.39, 0.29) is 17.5 Å². The van der Waals surface area contributed by atoms with E-state index in [1.807, 2.05) is 6.07 Å². The predicted octanol–water partition coefficient (Wildman–Crippen LogP) is 1.92. The molecule has 1 aliphatic rings. The van der Waals surface area contributed by atoms with E-state index in [2.05, 4.69) is 21.0 Å². The van der Waals surface area contributed by atoms with Crippen molar-refractivity contribution in [3.05, 3.63) is 45.3 Å². The van der Waals surface area contributed by atoms with Crippen LogP contribution in [0.25, 0.3) is 11.0 Å². The van der Waals surface area contributed by atoms with Gasteiger partial charge in [-0.2, -0.15) is 15.0 Å². The molecule has 0 saturated heterocycles. The largest absolute Gasteiger partial charge is 0.423 e. The van der Waals surface area contributed by atoms with E-state index in [4.69, 9.17) is 15.9 Å². The molecule has 8 heteroatoms. The van der Waals surface area contributed by atoms with Crippen molar-refractivity contribution in [1.82, 2.24) is 15.0 Å². The van der Waals surface area contributed by atoms with Crippen LogP contribution in [-0.2, 0) is 18.6 Å². The molecule has 1 aromatic carbocycles. The number of nitrogens with two attached hydrogens (primary N) is 2. The number of aryl methyl sites for hydroxylation is 2. The first-order chi connectivity index (χ1) is 11.6. The van der Waals surface area contributed by atoms with Crippen LogP contribution in [0.4, 0.5) is 11.9 Å². The Morgan fingerprint density at radius 2 is 1.75 bits per heavy atom. The second kappa shape index (κ2) is 5.79. The maximum atomic E-state index is 11.9. The molecule has 2 heterocycles. The Kier molecular flexibility index (Phi) is 3.61. The lowest BCUT2D eigenvalue weighted by molar-refractivity contribution is 0.559. The molecular weight excluding hydrogens is 326 g/mol. The van der Waals surface area contributed by atoms with Gasteiger partial charge in [-0.05, 0) is 48.1 Å². The average Bonchev–Trinajstić information content (AvgIpc) is 2.97. The van der Waals surface area contributed by atoms with Gasteiger partial charge in [0.15, 0.2) is 5.16 Å². The lowest BCUT2D eigenvalue weighted by atomic mass is 10.0. The van der Waals surface area contributed by atoms with Gasteiger partial charge in [-0.15, -0.1) is 0 Å². The average molecular weight is 341 g/mol. The first kappa shape index (κ1) is 14.9. The zero-order valence-corrected chi connectivity index (χ0v) is 13.6. The molecule has 0 unspecified atom stereocenters. The van der Waals surface area contributed by atoms with Crippen LogP contribution in [0.3, 0.4) is 0 Å². The summed E-state index contributed by atoms with van der Waals surface area (Å²) < 4.78 is 5.37. The van der Waals surface area contributed by atoms with Crippen LogP contribution >= 0.6 is 11.8 Å². The Morgan fingerprint density at radius 1 is 1.04 bits per heavy atom. The molecule has 0 atom stereocenters. The van der Waals surface area contributed by atoms with E-state index in [1.54, 1.807) is 0 Å². The number of aromatic nitrogens is 3. The normalized spacial score (nSPS) is 13.3. The van der Waals surface area contributed by atoms with Crippen molar-refractivity contribution < 1.29 is 4.42 Å². The van der Waals surface area contributed by atoms with Gasteiger partial charge >= 0.3 is 5.63 Å². The predicted molar refractivity (Wildman–Crippen MR) is 92.7 cm³/mol. The van der Waals surface area contributed by atoms with E-state index in [1.165, 1.54) is 29.0 Å². The van der Waals surface area contributed by atoms with Crippen molar-refractivity contribution in [2.45, 2.75) is 30.2 Å². The maximum Gasteiger partial charge on any atom is 0.336 e. The molecule has 0 amide bonds. The molecule has 24 heavy (non-hydrogen) atoms. The van der Waals surface area contributed by atoms with E-state index in [0.717, 1.165) is 30.2 Å². The van der Waals surface area contributed by atoms with Gasteiger partial charge in [-0.1, -0.05) is 11.8 Å². The van der Waals surface area contributed by atoms with E-state index in [0.29, 0.717) is 16.5 Å². The first-order valence-electron chi connectivity index (χ1n) is 7.57. The van der Waals surface area contributed by atoms with Gasteiger partial charge in [-0.3, -0.25) is 0 Å². The third-order valence-corrected chi connectivity index (χ3v) is 4.94. The second-order valence-electron chi connectivity index (χ2n) is 5.68. The quantitative estimate of drug-likeness (QED) is 0.547. The first-order valence-corrected chi connectivity index (χ1v) is 8.55. The van der Waals surface area contributed by atoms with Crippen molar-refractivity contribution in [3.63, 3.8) is 0 Å². The number of fused-ring (bicyclic) bond motifs is 2. The highest BCUT2D eigenvalue weighted by molar-refractivity contribution is 7.98. The van der Waals surface area contributed by atoms with Gasteiger partial charge in [-0.25, -0.2) is 4.79 Å². The molecule has 2 aromatic heterocycles. The Bertz CT molecular complexity index is 981. The number of benzene rings is 1. The van der Waals surface area contributed by atoms with Crippen molar-refractivity contribution in [2.24, 2.45) is 0 Å². The van der Waals surface area contributed by atoms with Crippen molar-refractivity contribution in [2.75, 3.05) is 11.5 Å². The maximum absolute atomic E-state index is 11.9. The number of thioether (sulfide) groups is 1. The van der Waals surface area contributed by atoms with E-state index < -0.39 is 0 Å². The van der Waals surface area contributed by atoms with Crippen LogP contribution < -0.4 is 17.1 Å². The summed E-state index contributed by atoms with van der Waals surface area (Å²) >= 11 is 1.36. The van der Waals surface area contributed by atoms with Crippen LogP contribution in [0.2, 0.25) is 0 Å². The van der Waals surface area contributed by atoms with Gasteiger partial charge in [0.25, 0.3) is 0 Å². The summed E-state index contributed by atoms with van der Waals surface area (Å²) in [6, 6.07) is 5.64. The summed E-state index contributed by atoms with van der Waals surface area (Å²) in [6.07, 6.45) is 3.25. The third-order valence-electron chi connectivity index (χ3n) is 4.05. The summed E-state index contributed by atoms with van der Waals surface area (Å²) in [5.74, 6) is 0.685. The number of nitrogen functional groups attached to an aromatic ring is 2. The van der Waals surface area contributed by atoms with Gasteiger partial charge < -0.3 is 15.9 Å². The number of hydrogen-bond donors (Lipinski definition) is 2. The Labute approximate surface area is 141 Å². The van der Waals surface area contributed by atoms with E-state index >= 15 is 0 Å². The number of hydrogen-bond acceptors (Lipinski definition) is 8. The molecule has 3 aromatic rings. The topological polar surface area (TPSA) is 121 Å². The monoisotopic (exact) mass is 341 g/mol.